The van der Waals surface area contributed by atoms with Crippen LogP contribution in [0.1, 0.15) is 26.3 Å². The summed E-state index contributed by atoms with van der Waals surface area (Å²) in [5, 5.41) is 11.8. The van der Waals surface area contributed by atoms with Crippen molar-refractivity contribution in [1.29, 1.82) is 5.26 Å². The number of rotatable bonds is 3. The zero-order valence-corrected chi connectivity index (χ0v) is 14.1. The number of nitrogens with zero attached hydrogens (tertiary/aromatic N) is 1. The first-order valence-electron chi connectivity index (χ1n) is 7.14. The Hall–Kier alpha value is -2.45. The van der Waals surface area contributed by atoms with E-state index in [0.29, 0.717) is 11.3 Å². The number of nitrogens with one attached hydrogen (secondary N) is 1. The molecule has 0 unspecified atom stereocenters. The minimum Gasteiger partial charge on any atom is -0.444 e. The van der Waals surface area contributed by atoms with Gasteiger partial charge in [-0.25, -0.2) is 4.79 Å². The van der Waals surface area contributed by atoms with E-state index in [1.54, 1.807) is 18.2 Å². The summed E-state index contributed by atoms with van der Waals surface area (Å²) >= 11 is 1.51. The van der Waals surface area contributed by atoms with Gasteiger partial charge in [0.15, 0.2) is 0 Å². The summed E-state index contributed by atoms with van der Waals surface area (Å²) in [5.74, 6) is 0. The Kier molecular flexibility index (Phi) is 5.30. The molecule has 0 saturated heterocycles. The van der Waals surface area contributed by atoms with Crippen molar-refractivity contribution in [3.8, 4) is 6.07 Å². The lowest BCUT2D eigenvalue weighted by Gasteiger charge is -2.19. The van der Waals surface area contributed by atoms with E-state index in [1.807, 2.05) is 51.1 Å². The second kappa shape index (κ2) is 7.21. The molecule has 0 heterocycles. The predicted octanol–water partition coefficient (Wildman–Crippen LogP) is 5.06. The van der Waals surface area contributed by atoms with Gasteiger partial charge in [-0.3, -0.25) is 5.32 Å². The first kappa shape index (κ1) is 16.9. The lowest BCUT2D eigenvalue weighted by molar-refractivity contribution is 0.0636. The molecule has 4 nitrogen and oxygen atoms in total. The molecule has 0 aliphatic carbocycles. The van der Waals surface area contributed by atoms with Gasteiger partial charge in [-0.05, 0) is 57.2 Å². The minimum absolute atomic E-state index is 0.479. The molecule has 0 aromatic heterocycles. The Morgan fingerprint density at radius 3 is 2.39 bits per heavy atom. The summed E-state index contributed by atoms with van der Waals surface area (Å²) in [6, 6.07) is 17.0. The van der Waals surface area contributed by atoms with E-state index in [1.165, 1.54) is 11.8 Å². The van der Waals surface area contributed by atoms with Crippen LogP contribution in [-0.4, -0.2) is 11.7 Å². The molecule has 2 rings (SSSR count). The highest BCUT2D eigenvalue weighted by atomic mass is 32.2. The molecule has 0 bridgehead atoms. The molecule has 0 radical (unpaired) electrons. The van der Waals surface area contributed by atoms with Gasteiger partial charge < -0.3 is 4.74 Å². The average Bonchev–Trinajstić information content (AvgIpc) is 2.48. The van der Waals surface area contributed by atoms with E-state index in [2.05, 4.69) is 11.4 Å². The van der Waals surface area contributed by atoms with E-state index < -0.39 is 11.7 Å². The number of carbonyl (C=O) groups is 1. The summed E-state index contributed by atoms with van der Waals surface area (Å²) in [6.07, 6.45) is -0.479. The van der Waals surface area contributed by atoms with Gasteiger partial charge in [0.25, 0.3) is 0 Å². The SMILES string of the molecule is CC(C)(C)OC(=O)Nc1ccc(Sc2ccccc2C#N)cc1. The molecule has 118 valence electrons. The lowest BCUT2D eigenvalue weighted by atomic mass is 10.2. The largest absolute Gasteiger partial charge is 0.444 e. The molecule has 0 aliphatic heterocycles. The Bertz CT molecular complexity index is 728. The molecule has 0 aliphatic rings. The van der Waals surface area contributed by atoms with Crippen molar-refractivity contribution in [2.24, 2.45) is 0 Å². The number of amides is 1. The molecule has 1 N–H and O–H groups in total. The van der Waals surface area contributed by atoms with Gasteiger partial charge in [0.1, 0.15) is 11.7 Å². The van der Waals surface area contributed by atoms with Crippen LogP contribution in [0, 0.1) is 11.3 Å². The normalized spacial score (nSPS) is 10.7. The molecular formula is C18H18N2O2S. The molecular weight excluding hydrogens is 308 g/mol. The second-order valence-corrected chi connectivity index (χ2v) is 6.98. The molecule has 1 amide bonds. The topological polar surface area (TPSA) is 62.1 Å². The maximum Gasteiger partial charge on any atom is 0.412 e. The van der Waals surface area contributed by atoms with Crippen molar-refractivity contribution in [3.63, 3.8) is 0 Å². The molecule has 5 heteroatoms. The van der Waals surface area contributed by atoms with Gasteiger partial charge in [0.05, 0.1) is 5.56 Å². The molecule has 0 fully saturated rings. The molecule has 2 aromatic carbocycles. The van der Waals surface area contributed by atoms with Gasteiger partial charge in [-0.1, -0.05) is 23.9 Å². The number of anilines is 1. The summed E-state index contributed by atoms with van der Waals surface area (Å²) < 4.78 is 5.21. The van der Waals surface area contributed by atoms with Gasteiger partial charge in [-0.2, -0.15) is 5.26 Å². The monoisotopic (exact) mass is 326 g/mol. The standard InChI is InChI=1S/C18H18N2O2S/c1-18(2,3)22-17(21)20-14-8-10-15(11-9-14)23-16-7-5-4-6-13(16)12-19/h4-11H,1-3H3,(H,20,21). The van der Waals surface area contributed by atoms with E-state index in [-0.39, 0.29) is 0 Å². The zero-order chi connectivity index (χ0) is 16.9. The van der Waals surface area contributed by atoms with Crippen LogP contribution in [0.5, 0.6) is 0 Å². The number of benzene rings is 2. The molecule has 0 spiro atoms. The number of hydrogen-bond acceptors (Lipinski definition) is 4. The predicted molar refractivity (Wildman–Crippen MR) is 91.6 cm³/mol. The van der Waals surface area contributed by atoms with Crippen molar-refractivity contribution in [3.05, 3.63) is 54.1 Å². The Labute approximate surface area is 140 Å². The number of ether oxygens (including phenoxy) is 1. The van der Waals surface area contributed by atoms with Crippen molar-refractivity contribution in [2.75, 3.05) is 5.32 Å². The summed E-state index contributed by atoms with van der Waals surface area (Å²) in [7, 11) is 0. The Morgan fingerprint density at radius 1 is 1.13 bits per heavy atom. The maximum atomic E-state index is 11.7. The lowest BCUT2D eigenvalue weighted by Crippen LogP contribution is -2.27. The van der Waals surface area contributed by atoms with E-state index >= 15 is 0 Å². The highest BCUT2D eigenvalue weighted by Gasteiger charge is 2.16. The maximum absolute atomic E-state index is 11.7. The third-order valence-electron chi connectivity index (χ3n) is 2.73. The average molecular weight is 326 g/mol. The van der Waals surface area contributed by atoms with Gasteiger partial charge >= 0.3 is 6.09 Å². The van der Waals surface area contributed by atoms with Crippen LogP contribution in [0.4, 0.5) is 10.5 Å². The van der Waals surface area contributed by atoms with E-state index in [0.717, 1.165) is 9.79 Å². The highest BCUT2D eigenvalue weighted by molar-refractivity contribution is 7.99. The van der Waals surface area contributed by atoms with Gasteiger partial charge in [-0.15, -0.1) is 0 Å². The summed E-state index contributed by atoms with van der Waals surface area (Å²) in [6.45, 7) is 5.46. The zero-order valence-electron chi connectivity index (χ0n) is 13.3. The van der Waals surface area contributed by atoms with Crippen LogP contribution in [0.15, 0.2) is 58.3 Å². The first-order chi connectivity index (χ1) is 10.9. The van der Waals surface area contributed by atoms with Crippen molar-refractivity contribution in [2.45, 2.75) is 36.2 Å². The fraction of sp³-hybridized carbons (Fsp3) is 0.222. The summed E-state index contributed by atoms with van der Waals surface area (Å²) in [5.41, 5.74) is 0.784. The van der Waals surface area contributed by atoms with E-state index in [4.69, 9.17) is 10.00 Å². The van der Waals surface area contributed by atoms with E-state index in [9.17, 15) is 4.79 Å². The first-order valence-corrected chi connectivity index (χ1v) is 7.96. The fourth-order valence-electron chi connectivity index (χ4n) is 1.80. The van der Waals surface area contributed by atoms with Gasteiger partial charge in [0, 0.05) is 15.5 Å². The molecule has 0 atom stereocenters. The minimum atomic E-state index is -0.527. The van der Waals surface area contributed by atoms with Crippen molar-refractivity contribution >= 4 is 23.5 Å². The number of nitriles is 1. The molecule has 0 saturated carbocycles. The van der Waals surface area contributed by atoms with Crippen LogP contribution in [-0.2, 0) is 4.74 Å². The fourth-order valence-corrected chi connectivity index (χ4v) is 2.70. The van der Waals surface area contributed by atoms with Crippen LogP contribution in [0.2, 0.25) is 0 Å². The smallest absolute Gasteiger partial charge is 0.412 e. The number of carbonyl (C=O) groups excluding carboxylic acids is 1. The van der Waals surface area contributed by atoms with Gasteiger partial charge in [0.2, 0.25) is 0 Å². The van der Waals surface area contributed by atoms with Crippen molar-refractivity contribution < 1.29 is 9.53 Å². The highest BCUT2D eigenvalue weighted by Crippen LogP contribution is 2.30. The quantitative estimate of drug-likeness (QED) is 0.856. The Balaban J connectivity index is 2.03. The molecule has 23 heavy (non-hydrogen) atoms. The van der Waals surface area contributed by atoms with Crippen LogP contribution < -0.4 is 5.32 Å². The van der Waals surface area contributed by atoms with Crippen LogP contribution >= 0.6 is 11.8 Å². The van der Waals surface area contributed by atoms with Crippen molar-refractivity contribution in [1.82, 2.24) is 0 Å². The van der Waals surface area contributed by atoms with Crippen LogP contribution in [0.25, 0.3) is 0 Å². The molecule has 2 aromatic rings. The Morgan fingerprint density at radius 2 is 1.78 bits per heavy atom. The second-order valence-electron chi connectivity index (χ2n) is 5.86. The summed E-state index contributed by atoms with van der Waals surface area (Å²) in [4.78, 5) is 13.6. The third kappa shape index (κ3) is 5.35. The third-order valence-corrected chi connectivity index (χ3v) is 3.82. The number of hydrogen-bond donors (Lipinski definition) is 1. The van der Waals surface area contributed by atoms with Crippen LogP contribution in [0.3, 0.4) is 0 Å².